The van der Waals surface area contributed by atoms with Crippen LogP contribution in [0.1, 0.15) is 60.3 Å². The van der Waals surface area contributed by atoms with Crippen molar-refractivity contribution in [1.29, 1.82) is 0 Å². The van der Waals surface area contributed by atoms with Crippen LogP contribution in [0.2, 0.25) is 0 Å². The van der Waals surface area contributed by atoms with Crippen molar-refractivity contribution >= 4 is 0 Å². The lowest BCUT2D eigenvalue weighted by atomic mass is 9.60. The van der Waals surface area contributed by atoms with E-state index in [1.807, 2.05) is 13.8 Å². The van der Waals surface area contributed by atoms with Crippen LogP contribution in [0, 0.1) is 5.41 Å². The Kier molecular flexibility index (Phi) is 5.94. The molecule has 1 saturated heterocycles. The van der Waals surface area contributed by atoms with Gasteiger partial charge in [0.25, 0.3) is 0 Å². The minimum absolute atomic E-state index is 0.734. The van der Waals surface area contributed by atoms with E-state index in [1.165, 1.54) is 38.8 Å². The number of piperidine rings is 1. The molecule has 0 unspecified atom stereocenters. The van der Waals surface area contributed by atoms with E-state index in [0.717, 1.165) is 24.0 Å². The molecular weight excluding hydrogens is 208 g/mol. The largest absolute Gasteiger partial charge is 0.314 e. The molecule has 2 aliphatic rings. The van der Waals surface area contributed by atoms with Gasteiger partial charge in [0.1, 0.15) is 0 Å². The Morgan fingerprint density at radius 2 is 1.71 bits per heavy atom. The van der Waals surface area contributed by atoms with Crippen LogP contribution < -0.4 is 5.32 Å². The molecule has 2 heteroatoms. The van der Waals surface area contributed by atoms with E-state index >= 15 is 0 Å². The van der Waals surface area contributed by atoms with Crippen molar-refractivity contribution in [2.45, 2.75) is 72.4 Å². The molecule has 1 aliphatic heterocycles. The first-order chi connectivity index (χ1) is 8.15. The van der Waals surface area contributed by atoms with Crippen molar-refractivity contribution in [2.75, 3.05) is 19.6 Å². The molecule has 2 nitrogen and oxygen atoms in total. The molecule has 1 aliphatic carbocycles. The fourth-order valence-corrected chi connectivity index (χ4v) is 3.34. The van der Waals surface area contributed by atoms with E-state index in [-0.39, 0.29) is 0 Å². The Morgan fingerprint density at radius 3 is 2.12 bits per heavy atom. The molecule has 2 fully saturated rings. The topological polar surface area (TPSA) is 15.3 Å². The molecule has 0 amide bonds. The summed E-state index contributed by atoms with van der Waals surface area (Å²) in [7, 11) is 0. The van der Waals surface area contributed by atoms with E-state index in [2.05, 4.69) is 31.0 Å². The van der Waals surface area contributed by atoms with Crippen molar-refractivity contribution in [2.24, 2.45) is 5.41 Å². The molecular formula is C15H32N2. The monoisotopic (exact) mass is 240 g/mol. The van der Waals surface area contributed by atoms with Crippen LogP contribution in [0.25, 0.3) is 0 Å². The van der Waals surface area contributed by atoms with Crippen LogP contribution >= 0.6 is 0 Å². The van der Waals surface area contributed by atoms with Crippen LogP contribution in [-0.2, 0) is 0 Å². The Morgan fingerprint density at radius 1 is 1.18 bits per heavy atom. The number of rotatable bonds is 3. The average molecular weight is 240 g/mol. The molecule has 0 radical (unpaired) electrons. The van der Waals surface area contributed by atoms with E-state index in [9.17, 15) is 0 Å². The van der Waals surface area contributed by atoms with Gasteiger partial charge in [0.2, 0.25) is 0 Å². The highest BCUT2D eigenvalue weighted by molar-refractivity contribution is 5.00. The molecule has 0 atom stereocenters. The molecule has 0 aromatic heterocycles. The number of nitrogens with one attached hydrogen (secondary N) is 1. The minimum Gasteiger partial charge on any atom is -0.314 e. The Bertz CT molecular complexity index is 197. The maximum Gasteiger partial charge on any atom is 0.00775 e. The lowest BCUT2D eigenvalue weighted by Crippen LogP contribution is -2.54. The molecule has 1 N–H and O–H groups in total. The maximum absolute atomic E-state index is 3.57. The number of nitrogens with zero attached hydrogens (tertiary/aromatic N) is 1. The van der Waals surface area contributed by atoms with Crippen LogP contribution in [0.4, 0.5) is 0 Å². The molecule has 17 heavy (non-hydrogen) atoms. The summed E-state index contributed by atoms with van der Waals surface area (Å²) in [6.07, 6.45) is 5.75. The van der Waals surface area contributed by atoms with Gasteiger partial charge in [-0.1, -0.05) is 20.8 Å². The number of likely N-dealkylation sites (tertiary alicyclic amines) is 1. The van der Waals surface area contributed by atoms with Gasteiger partial charge in [-0.15, -0.1) is 0 Å². The summed E-state index contributed by atoms with van der Waals surface area (Å²) < 4.78 is 0. The normalized spacial score (nSPS) is 24.4. The number of hydrogen-bond acceptors (Lipinski definition) is 2. The second kappa shape index (κ2) is 6.75. The third-order valence-corrected chi connectivity index (χ3v) is 4.44. The van der Waals surface area contributed by atoms with Crippen molar-refractivity contribution in [3.8, 4) is 0 Å². The van der Waals surface area contributed by atoms with Crippen molar-refractivity contribution < 1.29 is 0 Å². The first kappa shape index (κ1) is 15.0. The maximum atomic E-state index is 3.57. The summed E-state index contributed by atoms with van der Waals surface area (Å²) in [6, 6.07) is 1.58. The summed E-state index contributed by atoms with van der Waals surface area (Å²) in [5.41, 5.74) is 0.734. The summed E-state index contributed by atoms with van der Waals surface area (Å²) in [4.78, 5) is 2.63. The standard InChI is InChI=1S/C13H26N2.C2H6/c1-4-14-12-9-13(10-12)5-7-15(8-6-13)11(2)3;1-2/h11-12,14H,4-10H2,1-3H3;1-2H3. The molecule has 0 aromatic carbocycles. The summed E-state index contributed by atoms with van der Waals surface area (Å²) >= 11 is 0. The van der Waals surface area contributed by atoms with Gasteiger partial charge < -0.3 is 10.2 Å². The summed E-state index contributed by atoms with van der Waals surface area (Å²) in [6.45, 7) is 14.7. The van der Waals surface area contributed by atoms with Gasteiger partial charge >= 0.3 is 0 Å². The van der Waals surface area contributed by atoms with Crippen molar-refractivity contribution in [1.82, 2.24) is 10.2 Å². The van der Waals surface area contributed by atoms with Gasteiger partial charge in [0.15, 0.2) is 0 Å². The molecule has 0 aromatic rings. The van der Waals surface area contributed by atoms with Gasteiger partial charge in [-0.3, -0.25) is 0 Å². The predicted molar refractivity (Wildman–Crippen MR) is 76.4 cm³/mol. The van der Waals surface area contributed by atoms with Crippen molar-refractivity contribution in [3.05, 3.63) is 0 Å². The SMILES string of the molecule is CC.CCNC1CC2(CCN(C(C)C)CC2)C1. The van der Waals surface area contributed by atoms with Gasteiger partial charge in [-0.2, -0.15) is 0 Å². The Hall–Kier alpha value is -0.0800. The van der Waals surface area contributed by atoms with E-state index < -0.39 is 0 Å². The average Bonchev–Trinajstić information content (AvgIpc) is 2.31. The van der Waals surface area contributed by atoms with Crippen LogP contribution in [-0.4, -0.2) is 36.6 Å². The zero-order valence-electron chi connectivity index (χ0n) is 12.6. The van der Waals surface area contributed by atoms with Crippen molar-refractivity contribution in [3.63, 3.8) is 0 Å². The smallest absolute Gasteiger partial charge is 0.00775 e. The minimum atomic E-state index is 0.734. The molecule has 1 saturated carbocycles. The van der Waals surface area contributed by atoms with Crippen LogP contribution in [0.15, 0.2) is 0 Å². The highest BCUT2D eigenvalue weighted by Gasteiger charge is 2.45. The molecule has 1 spiro atoms. The second-order valence-corrected chi connectivity index (χ2v) is 5.79. The predicted octanol–water partition coefficient (Wildman–Crippen LogP) is 3.28. The first-order valence-corrected chi connectivity index (χ1v) is 7.63. The van der Waals surface area contributed by atoms with E-state index in [4.69, 9.17) is 0 Å². The third-order valence-electron chi connectivity index (χ3n) is 4.44. The van der Waals surface area contributed by atoms with E-state index in [1.54, 1.807) is 0 Å². The quantitative estimate of drug-likeness (QED) is 0.814. The molecule has 0 bridgehead atoms. The number of hydrogen-bond donors (Lipinski definition) is 1. The van der Waals surface area contributed by atoms with Crippen LogP contribution in [0.3, 0.4) is 0 Å². The zero-order chi connectivity index (χ0) is 12.9. The molecule has 2 rings (SSSR count). The summed E-state index contributed by atoms with van der Waals surface area (Å²) in [5.74, 6) is 0. The highest BCUT2D eigenvalue weighted by atomic mass is 15.2. The van der Waals surface area contributed by atoms with Crippen LogP contribution in [0.5, 0.6) is 0 Å². The van der Waals surface area contributed by atoms with Gasteiger partial charge in [0.05, 0.1) is 0 Å². The summed E-state index contributed by atoms with van der Waals surface area (Å²) in [5, 5.41) is 3.57. The highest BCUT2D eigenvalue weighted by Crippen LogP contribution is 2.49. The van der Waals surface area contributed by atoms with Gasteiger partial charge in [-0.05, 0) is 64.6 Å². The second-order valence-electron chi connectivity index (χ2n) is 5.79. The molecule has 102 valence electrons. The van der Waals surface area contributed by atoms with Gasteiger partial charge in [0, 0.05) is 12.1 Å². The van der Waals surface area contributed by atoms with Gasteiger partial charge in [-0.25, -0.2) is 0 Å². The molecule has 1 heterocycles. The zero-order valence-corrected chi connectivity index (χ0v) is 12.6. The Labute approximate surface area is 108 Å². The fraction of sp³-hybridized carbons (Fsp3) is 1.00. The fourth-order valence-electron chi connectivity index (χ4n) is 3.34. The Balaban J connectivity index is 0.000000686. The third kappa shape index (κ3) is 3.69. The van der Waals surface area contributed by atoms with E-state index in [0.29, 0.717) is 0 Å². The lowest BCUT2D eigenvalue weighted by molar-refractivity contribution is -0.00196. The first-order valence-electron chi connectivity index (χ1n) is 7.63. The lowest BCUT2D eigenvalue weighted by Gasteiger charge is -2.53.